The van der Waals surface area contributed by atoms with Gasteiger partial charge >= 0.3 is 0 Å². The highest BCUT2D eigenvalue weighted by Crippen LogP contribution is 2.24. The molecule has 0 bridgehead atoms. The number of carbonyl (C=O) groups excluding carboxylic acids is 3. The van der Waals surface area contributed by atoms with Crippen LogP contribution in [0.2, 0.25) is 5.02 Å². The van der Waals surface area contributed by atoms with E-state index in [2.05, 4.69) is 21.2 Å². The third-order valence-corrected chi connectivity index (χ3v) is 4.06. The fourth-order valence-corrected chi connectivity index (χ4v) is 2.25. The number of hydrogen-bond acceptors (Lipinski definition) is 3. The fraction of sp³-hybridized carbons (Fsp3) is 0.250. The molecule has 0 spiro atoms. The largest absolute Gasteiger partial charge is 0.318 e. The maximum atomic E-state index is 12.3. The Kier molecular flexibility index (Phi) is 3.91. The maximum absolute atomic E-state index is 12.3. The molecule has 1 N–H and O–H groups in total. The molecule has 0 radical (unpaired) electrons. The summed E-state index contributed by atoms with van der Waals surface area (Å²) in [5.74, 6) is -1.34. The Bertz CT molecular complexity index is 576. The molecule has 100 valence electrons. The summed E-state index contributed by atoms with van der Waals surface area (Å²) in [7, 11) is 0. The van der Waals surface area contributed by atoms with Crippen molar-refractivity contribution in [2.45, 2.75) is 13.0 Å². The molecule has 1 heterocycles. The zero-order valence-corrected chi connectivity index (χ0v) is 12.3. The van der Waals surface area contributed by atoms with E-state index >= 15 is 0 Å². The predicted octanol–water partition coefficient (Wildman–Crippen LogP) is 1.59. The zero-order chi connectivity index (χ0) is 14.2. The van der Waals surface area contributed by atoms with Crippen LogP contribution in [0.15, 0.2) is 22.7 Å². The van der Waals surface area contributed by atoms with E-state index in [-0.39, 0.29) is 12.5 Å². The molecule has 0 aromatic heterocycles. The molecule has 0 saturated carbocycles. The quantitative estimate of drug-likeness (QED) is 0.786. The molecule has 1 aromatic carbocycles. The lowest BCUT2D eigenvalue weighted by Gasteiger charge is -2.31. The van der Waals surface area contributed by atoms with Crippen LogP contribution < -0.4 is 5.32 Å². The predicted molar refractivity (Wildman–Crippen MR) is 72.8 cm³/mol. The zero-order valence-electron chi connectivity index (χ0n) is 9.94. The molecular formula is C12H10BrClN2O3. The van der Waals surface area contributed by atoms with Gasteiger partial charge in [0.15, 0.2) is 0 Å². The van der Waals surface area contributed by atoms with Crippen LogP contribution in [0.5, 0.6) is 0 Å². The number of nitrogens with zero attached hydrogens (tertiary/aromatic N) is 1. The SMILES string of the molecule is CC1C(=O)NC(=O)CN1C(=O)c1ccc(Cl)c(Br)c1. The molecule has 2 rings (SSSR count). The molecule has 1 aromatic rings. The third kappa shape index (κ3) is 2.79. The Hall–Kier alpha value is -1.40. The van der Waals surface area contributed by atoms with Crippen LogP contribution in [0.1, 0.15) is 17.3 Å². The molecule has 1 saturated heterocycles. The lowest BCUT2D eigenvalue weighted by molar-refractivity contribution is -0.138. The molecular weight excluding hydrogens is 336 g/mol. The average Bonchev–Trinajstić information content (AvgIpc) is 2.36. The minimum Gasteiger partial charge on any atom is -0.318 e. The summed E-state index contributed by atoms with van der Waals surface area (Å²) in [5.41, 5.74) is 0.366. The van der Waals surface area contributed by atoms with Gasteiger partial charge in [0.1, 0.15) is 12.6 Å². The third-order valence-electron chi connectivity index (χ3n) is 2.85. The van der Waals surface area contributed by atoms with Crippen LogP contribution in [-0.2, 0) is 9.59 Å². The molecule has 1 atom stereocenters. The van der Waals surface area contributed by atoms with Crippen LogP contribution in [0.25, 0.3) is 0 Å². The van der Waals surface area contributed by atoms with E-state index < -0.39 is 17.9 Å². The Morgan fingerprint density at radius 1 is 1.47 bits per heavy atom. The van der Waals surface area contributed by atoms with Crippen molar-refractivity contribution in [1.82, 2.24) is 10.2 Å². The Labute approximate surface area is 123 Å². The van der Waals surface area contributed by atoms with Crippen LogP contribution >= 0.6 is 27.5 Å². The van der Waals surface area contributed by atoms with Gasteiger partial charge in [0.05, 0.1) is 5.02 Å². The van der Waals surface area contributed by atoms with E-state index in [1.165, 1.54) is 4.90 Å². The Balaban J connectivity index is 2.29. The highest BCUT2D eigenvalue weighted by Gasteiger charge is 2.34. The van der Waals surface area contributed by atoms with Crippen LogP contribution in [0.4, 0.5) is 0 Å². The number of benzene rings is 1. The summed E-state index contributed by atoms with van der Waals surface area (Å²) < 4.78 is 0.584. The van der Waals surface area contributed by atoms with Crippen molar-refractivity contribution < 1.29 is 14.4 Å². The Morgan fingerprint density at radius 3 is 2.79 bits per heavy atom. The van der Waals surface area contributed by atoms with Gasteiger partial charge in [-0.25, -0.2) is 0 Å². The molecule has 5 nitrogen and oxygen atoms in total. The molecule has 0 aliphatic carbocycles. The molecule has 3 amide bonds. The number of nitrogens with one attached hydrogen (secondary N) is 1. The molecule has 1 aliphatic rings. The lowest BCUT2D eigenvalue weighted by atomic mass is 10.1. The second kappa shape index (κ2) is 5.30. The van der Waals surface area contributed by atoms with Gasteiger partial charge in [-0.1, -0.05) is 11.6 Å². The molecule has 1 unspecified atom stereocenters. The molecule has 1 aliphatic heterocycles. The first-order chi connectivity index (χ1) is 8.90. The number of amides is 3. The van der Waals surface area contributed by atoms with Gasteiger partial charge in [-0.2, -0.15) is 0 Å². The molecule has 19 heavy (non-hydrogen) atoms. The summed E-state index contributed by atoms with van der Waals surface area (Å²) in [6.45, 7) is 1.44. The van der Waals surface area contributed by atoms with E-state index in [1.807, 2.05) is 0 Å². The summed E-state index contributed by atoms with van der Waals surface area (Å²) in [6, 6.07) is 4.02. The molecule has 7 heteroatoms. The number of halogens is 2. The number of rotatable bonds is 1. The number of piperazine rings is 1. The number of hydrogen-bond donors (Lipinski definition) is 1. The van der Waals surface area contributed by atoms with Gasteiger partial charge in [0.25, 0.3) is 5.91 Å². The highest BCUT2D eigenvalue weighted by atomic mass is 79.9. The van der Waals surface area contributed by atoms with Gasteiger partial charge in [-0.05, 0) is 41.1 Å². The van der Waals surface area contributed by atoms with E-state index in [9.17, 15) is 14.4 Å². The highest BCUT2D eigenvalue weighted by molar-refractivity contribution is 9.10. The number of carbonyl (C=O) groups is 3. The van der Waals surface area contributed by atoms with Crippen molar-refractivity contribution in [2.75, 3.05) is 6.54 Å². The van der Waals surface area contributed by atoms with E-state index in [1.54, 1.807) is 25.1 Å². The first kappa shape index (κ1) is 14.0. The second-order valence-corrected chi connectivity index (χ2v) is 5.41. The van der Waals surface area contributed by atoms with Crippen LogP contribution in [-0.4, -0.2) is 35.2 Å². The summed E-state index contributed by atoms with van der Waals surface area (Å²) in [6.07, 6.45) is 0. The topological polar surface area (TPSA) is 66.5 Å². The van der Waals surface area contributed by atoms with Crippen molar-refractivity contribution in [3.8, 4) is 0 Å². The summed E-state index contributed by atoms with van der Waals surface area (Å²) >= 11 is 9.08. The maximum Gasteiger partial charge on any atom is 0.255 e. The van der Waals surface area contributed by atoms with Crippen molar-refractivity contribution in [1.29, 1.82) is 0 Å². The van der Waals surface area contributed by atoms with E-state index in [0.717, 1.165) is 0 Å². The normalized spacial score (nSPS) is 19.3. The van der Waals surface area contributed by atoms with Crippen molar-refractivity contribution >= 4 is 45.3 Å². The van der Waals surface area contributed by atoms with Gasteiger partial charge in [0.2, 0.25) is 11.8 Å². The van der Waals surface area contributed by atoms with Gasteiger partial charge < -0.3 is 4.90 Å². The van der Waals surface area contributed by atoms with Crippen molar-refractivity contribution in [3.63, 3.8) is 0 Å². The summed E-state index contributed by atoms with van der Waals surface area (Å²) in [5, 5.41) is 2.67. The monoisotopic (exact) mass is 344 g/mol. The van der Waals surface area contributed by atoms with Crippen LogP contribution in [0, 0.1) is 0 Å². The van der Waals surface area contributed by atoms with Gasteiger partial charge in [0, 0.05) is 10.0 Å². The van der Waals surface area contributed by atoms with Gasteiger partial charge in [-0.3, -0.25) is 19.7 Å². The van der Waals surface area contributed by atoms with Gasteiger partial charge in [-0.15, -0.1) is 0 Å². The van der Waals surface area contributed by atoms with E-state index in [0.29, 0.717) is 15.1 Å². The smallest absolute Gasteiger partial charge is 0.255 e. The first-order valence-corrected chi connectivity index (χ1v) is 6.67. The van der Waals surface area contributed by atoms with Crippen LogP contribution in [0.3, 0.4) is 0 Å². The van der Waals surface area contributed by atoms with Crippen molar-refractivity contribution in [2.24, 2.45) is 0 Å². The minimum absolute atomic E-state index is 0.133. The Morgan fingerprint density at radius 2 is 2.16 bits per heavy atom. The average molecular weight is 346 g/mol. The lowest BCUT2D eigenvalue weighted by Crippen LogP contribution is -2.58. The second-order valence-electron chi connectivity index (χ2n) is 4.15. The van der Waals surface area contributed by atoms with Crippen molar-refractivity contribution in [3.05, 3.63) is 33.3 Å². The fourth-order valence-electron chi connectivity index (χ4n) is 1.76. The van der Waals surface area contributed by atoms with E-state index in [4.69, 9.17) is 11.6 Å². The summed E-state index contributed by atoms with van der Waals surface area (Å²) in [4.78, 5) is 36.4. The standard InChI is InChI=1S/C12H10BrClN2O3/c1-6-11(18)15-10(17)5-16(6)12(19)7-2-3-9(14)8(13)4-7/h2-4,6H,5H2,1H3,(H,15,17,18). The number of imide groups is 1. The first-order valence-electron chi connectivity index (χ1n) is 5.50. The minimum atomic E-state index is -0.681. The molecule has 1 fully saturated rings.